The molecular weight excluding hydrogens is 881 g/mol. The molecule has 0 spiro atoms. The summed E-state index contributed by atoms with van der Waals surface area (Å²) in [4.78, 5) is 82.1. The molecule has 3 aromatic carbocycles. The fraction of sp³-hybridized carbons (Fsp3) is 0.462. The highest BCUT2D eigenvalue weighted by Gasteiger charge is 2.37. The summed E-state index contributed by atoms with van der Waals surface area (Å²) < 4.78 is 12.0. The average molecular weight is 947 g/mol. The summed E-state index contributed by atoms with van der Waals surface area (Å²) >= 11 is 0. The number of phenolic OH excluding ortho intramolecular Hbond substituents is 1. The molecule has 0 aliphatic carbocycles. The van der Waals surface area contributed by atoms with Gasteiger partial charge < -0.3 is 47.1 Å². The summed E-state index contributed by atoms with van der Waals surface area (Å²) in [5.41, 5.74) is 21.7. The number of nitrogens with zero attached hydrogens (tertiary/aromatic N) is 4. The standard InChI is InChI=1S/C52H66N8O9/c1-29-21-43(64)47(60(7)51(67)34(16-18-54)25-42(63)46-30(2)57-49(58-31(46)3)33-11-13-36(14-12-33)52(4,5)6)35-24-39(48(65)45(26-35)68-20-19-55)38-22-32(10-15-44(38)69-28-37(61)27-56)23-40(59-50(29)66)41(62)9-8-17-53/h10-15,22,24,26,29,34,37,40,47,61,65H,8-9,16,18-21,23,25,27-28,54-56H2,1-7H3,(H,59,66)/t29-,34-,37-,40+,47+/m1/s1. The van der Waals surface area contributed by atoms with Crippen LogP contribution in [0.15, 0.2) is 54.6 Å². The summed E-state index contributed by atoms with van der Waals surface area (Å²) in [5.74, 6) is -4.43. The number of nitrogens with one attached hydrogen (secondary N) is 1. The van der Waals surface area contributed by atoms with E-state index in [0.717, 1.165) is 11.1 Å². The molecule has 0 saturated carbocycles. The Hall–Kier alpha value is -6.58. The molecule has 17 heteroatoms. The van der Waals surface area contributed by atoms with Gasteiger partial charge in [-0.3, -0.25) is 24.0 Å². The molecule has 4 aromatic rings. The number of ketones is 3. The molecule has 4 bridgehead atoms. The van der Waals surface area contributed by atoms with Crippen molar-refractivity contribution in [1.29, 1.82) is 5.26 Å². The number of aliphatic hydroxyl groups excluding tert-OH is 1. The normalized spacial score (nSPS) is 17.2. The van der Waals surface area contributed by atoms with Gasteiger partial charge in [0.15, 0.2) is 34.7 Å². The van der Waals surface area contributed by atoms with Crippen LogP contribution in [0.3, 0.4) is 0 Å². The van der Waals surface area contributed by atoms with Gasteiger partial charge in [0.05, 0.1) is 29.1 Å². The predicted molar refractivity (Wildman–Crippen MR) is 260 cm³/mol. The molecule has 5 rings (SSSR count). The number of aromatic hydroxyl groups is 1. The van der Waals surface area contributed by atoms with Crippen molar-refractivity contribution in [2.75, 3.05) is 39.9 Å². The van der Waals surface area contributed by atoms with Gasteiger partial charge in [0.25, 0.3) is 0 Å². The van der Waals surface area contributed by atoms with E-state index in [1.54, 1.807) is 32.0 Å². The molecule has 5 atom stereocenters. The largest absolute Gasteiger partial charge is 0.504 e. The smallest absolute Gasteiger partial charge is 0.226 e. The first kappa shape index (κ1) is 53.4. The number of nitriles is 1. The molecule has 0 radical (unpaired) electrons. The number of carbonyl (C=O) groups excluding carboxylic acids is 5. The zero-order chi connectivity index (χ0) is 50.7. The maximum atomic E-state index is 14.9. The second kappa shape index (κ2) is 23.6. The number of likely N-dealkylation sites (N-methyl/N-ethyl adjacent to an activating group) is 1. The molecule has 69 heavy (non-hydrogen) atoms. The number of phenols is 1. The minimum absolute atomic E-state index is 0.0196. The number of rotatable bonds is 18. The third-order valence-electron chi connectivity index (χ3n) is 12.3. The van der Waals surface area contributed by atoms with Gasteiger partial charge >= 0.3 is 0 Å². The van der Waals surface area contributed by atoms with Crippen LogP contribution < -0.4 is 32.0 Å². The third kappa shape index (κ3) is 13.1. The number of hydrogen-bond donors (Lipinski definition) is 6. The SMILES string of the molecule is Cc1nc(-c2ccc(C(C)(C)C)cc2)nc(C)c1C(=O)C[C@@H](CCN)C(=O)N(C)[C@@H]1C(=O)C[C@@H](C)C(=O)N[C@H](C(=O)CCC#N)Cc2ccc(OC[C@H](O)CN)c(c2)-c2cc1cc(OCCN)c2O. The van der Waals surface area contributed by atoms with Gasteiger partial charge in [-0.15, -0.1) is 0 Å². The Bertz CT molecular complexity index is 2550. The molecule has 368 valence electrons. The van der Waals surface area contributed by atoms with Crippen molar-refractivity contribution in [2.45, 2.75) is 104 Å². The lowest BCUT2D eigenvalue weighted by molar-refractivity contribution is -0.142. The molecule has 2 heterocycles. The van der Waals surface area contributed by atoms with Gasteiger partial charge in [-0.05, 0) is 79.6 Å². The molecule has 2 amide bonds. The maximum Gasteiger partial charge on any atom is 0.226 e. The lowest BCUT2D eigenvalue weighted by Gasteiger charge is -2.32. The Morgan fingerprint density at radius 1 is 0.942 bits per heavy atom. The highest BCUT2D eigenvalue weighted by Crippen LogP contribution is 2.45. The lowest BCUT2D eigenvalue weighted by Crippen LogP contribution is -2.46. The number of ether oxygens (including phenoxy) is 2. The first-order valence-corrected chi connectivity index (χ1v) is 23.3. The monoisotopic (exact) mass is 946 g/mol. The van der Waals surface area contributed by atoms with Crippen LogP contribution in [0.5, 0.6) is 17.2 Å². The topological polar surface area (TPSA) is 287 Å². The summed E-state index contributed by atoms with van der Waals surface area (Å²) in [6.07, 6.45) is -1.92. The van der Waals surface area contributed by atoms with Gasteiger partial charge in [-0.25, -0.2) is 9.97 Å². The Morgan fingerprint density at radius 3 is 2.23 bits per heavy atom. The lowest BCUT2D eigenvalue weighted by atomic mass is 9.86. The highest BCUT2D eigenvalue weighted by molar-refractivity contribution is 6.01. The van der Waals surface area contributed by atoms with E-state index in [1.807, 2.05) is 30.3 Å². The zero-order valence-corrected chi connectivity index (χ0v) is 40.6. The van der Waals surface area contributed by atoms with Gasteiger partial charge in [0, 0.05) is 74.3 Å². The van der Waals surface area contributed by atoms with E-state index in [2.05, 4.69) is 26.1 Å². The number of aliphatic hydroxyl groups is 1. The Kier molecular flexibility index (Phi) is 18.3. The summed E-state index contributed by atoms with van der Waals surface area (Å²) in [7, 11) is 1.42. The third-order valence-corrected chi connectivity index (χ3v) is 12.3. The van der Waals surface area contributed by atoms with E-state index in [9.17, 15) is 39.4 Å². The molecule has 1 aromatic heterocycles. The van der Waals surface area contributed by atoms with E-state index in [0.29, 0.717) is 22.8 Å². The van der Waals surface area contributed by atoms with Crippen molar-refractivity contribution in [3.05, 3.63) is 88.2 Å². The fourth-order valence-corrected chi connectivity index (χ4v) is 8.47. The summed E-state index contributed by atoms with van der Waals surface area (Å²) in [6, 6.07) is 15.2. The van der Waals surface area contributed by atoms with Crippen LogP contribution in [0.1, 0.15) is 104 Å². The van der Waals surface area contributed by atoms with Crippen molar-refractivity contribution >= 4 is 29.2 Å². The van der Waals surface area contributed by atoms with Crippen LogP contribution in [0, 0.1) is 37.0 Å². The summed E-state index contributed by atoms with van der Waals surface area (Å²) in [5, 5.41) is 34.3. The number of amides is 2. The molecular formula is C52H66N8O9. The number of Topliss-reactive ketones (excluding diaryl/α,β-unsaturated/α-hetero) is 3. The van der Waals surface area contributed by atoms with E-state index >= 15 is 0 Å². The molecule has 0 unspecified atom stereocenters. The number of nitrogens with two attached hydrogens (primary N) is 3. The number of hydrogen-bond acceptors (Lipinski definition) is 15. The van der Waals surface area contributed by atoms with Crippen LogP contribution in [-0.2, 0) is 31.0 Å². The predicted octanol–water partition coefficient (Wildman–Crippen LogP) is 4.71. The first-order chi connectivity index (χ1) is 32.7. The van der Waals surface area contributed by atoms with Crippen molar-refractivity contribution in [2.24, 2.45) is 29.0 Å². The minimum Gasteiger partial charge on any atom is -0.504 e. The van der Waals surface area contributed by atoms with Gasteiger partial charge in [-0.1, -0.05) is 58.0 Å². The molecule has 9 N–H and O–H groups in total. The highest BCUT2D eigenvalue weighted by atomic mass is 16.5. The van der Waals surface area contributed by atoms with Gasteiger partial charge in [0.1, 0.15) is 31.1 Å². The fourth-order valence-electron chi connectivity index (χ4n) is 8.47. The van der Waals surface area contributed by atoms with Crippen LogP contribution in [0.2, 0.25) is 0 Å². The Morgan fingerprint density at radius 2 is 1.62 bits per heavy atom. The maximum absolute atomic E-state index is 14.9. The van der Waals surface area contributed by atoms with E-state index < -0.39 is 65.6 Å². The van der Waals surface area contributed by atoms with Crippen molar-refractivity contribution < 1.29 is 43.7 Å². The number of fused-ring (bicyclic) bond motifs is 5. The van der Waals surface area contributed by atoms with Crippen LogP contribution >= 0.6 is 0 Å². The van der Waals surface area contributed by atoms with Crippen molar-refractivity contribution in [3.8, 4) is 45.8 Å². The quantitative estimate of drug-likeness (QED) is 0.0737. The van der Waals surface area contributed by atoms with E-state index in [-0.39, 0.29) is 110 Å². The number of aromatic nitrogens is 2. The van der Waals surface area contributed by atoms with Crippen LogP contribution in [0.25, 0.3) is 22.5 Å². The number of benzene rings is 3. The van der Waals surface area contributed by atoms with Gasteiger partial charge in [-0.2, -0.15) is 5.26 Å². The van der Waals surface area contributed by atoms with Crippen molar-refractivity contribution in [1.82, 2.24) is 20.2 Å². The van der Waals surface area contributed by atoms with Crippen LogP contribution in [-0.4, -0.2) is 106 Å². The number of aryl methyl sites for hydroxylation is 2. The van der Waals surface area contributed by atoms with Crippen molar-refractivity contribution in [3.63, 3.8) is 0 Å². The second-order valence-corrected chi connectivity index (χ2v) is 18.7. The first-order valence-electron chi connectivity index (χ1n) is 23.3. The Labute approximate surface area is 403 Å². The minimum atomic E-state index is -1.43. The molecule has 1 aliphatic heterocycles. The molecule has 1 aliphatic rings. The zero-order valence-electron chi connectivity index (χ0n) is 40.6. The number of carbonyl (C=O) groups is 5. The Balaban J connectivity index is 1.62. The van der Waals surface area contributed by atoms with E-state index in [4.69, 9.17) is 36.6 Å². The molecule has 17 nitrogen and oxygen atoms in total. The molecule has 0 fully saturated rings. The van der Waals surface area contributed by atoms with Gasteiger partial charge in [0.2, 0.25) is 11.8 Å². The van der Waals surface area contributed by atoms with E-state index in [1.165, 1.54) is 31.0 Å². The average Bonchev–Trinajstić information content (AvgIpc) is 3.31. The summed E-state index contributed by atoms with van der Waals surface area (Å²) in [6.45, 7) is 11.0. The second-order valence-electron chi connectivity index (χ2n) is 18.7. The van der Waals surface area contributed by atoms with Crippen LogP contribution in [0.4, 0.5) is 0 Å². The molecule has 0 saturated heterocycles.